The van der Waals surface area contributed by atoms with E-state index in [1.807, 2.05) is 0 Å². The van der Waals surface area contributed by atoms with Crippen LogP contribution in [0.2, 0.25) is 5.02 Å². The molecule has 1 aromatic carbocycles. The molecule has 5 heteroatoms. The van der Waals surface area contributed by atoms with Crippen molar-refractivity contribution in [2.24, 2.45) is 0 Å². The van der Waals surface area contributed by atoms with Crippen molar-refractivity contribution >= 4 is 23.4 Å². The summed E-state index contributed by atoms with van der Waals surface area (Å²) in [6.45, 7) is -0.00403. The summed E-state index contributed by atoms with van der Waals surface area (Å²) in [4.78, 5) is 4.20. The Morgan fingerprint density at radius 2 is 2.19 bits per heavy atom. The zero-order valence-corrected chi connectivity index (χ0v) is 12.7. The lowest BCUT2D eigenvalue weighted by Crippen LogP contribution is -1.91. The highest BCUT2D eigenvalue weighted by molar-refractivity contribution is 7.98. The molecule has 1 aromatic heterocycles. The maximum absolute atomic E-state index is 13.3. The molecule has 0 fully saturated rings. The first kappa shape index (κ1) is 15.8. The van der Waals surface area contributed by atoms with Crippen LogP contribution >= 0.6 is 23.4 Å². The first-order valence-corrected chi connectivity index (χ1v) is 7.68. The standard InChI is InChI=1S/C16H13ClFNOS/c17-15-5-3-8-19-16(15)21-11-13-6-7-14(18)10-12(13)4-1-2-9-20/h3,5-8,10,20H,2,9,11H2. The van der Waals surface area contributed by atoms with Crippen LogP contribution in [-0.4, -0.2) is 16.7 Å². The summed E-state index contributed by atoms with van der Waals surface area (Å²) in [6.07, 6.45) is 2.05. The van der Waals surface area contributed by atoms with Crippen molar-refractivity contribution in [2.45, 2.75) is 17.2 Å². The molecular weight excluding hydrogens is 309 g/mol. The summed E-state index contributed by atoms with van der Waals surface area (Å²) in [7, 11) is 0. The van der Waals surface area contributed by atoms with Gasteiger partial charge in [0.15, 0.2) is 0 Å². The molecule has 0 spiro atoms. The number of halogens is 2. The minimum absolute atomic E-state index is 0.00403. The Kier molecular flexibility index (Phi) is 6.06. The van der Waals surface area contributed by atoms with E-state index in [1.165, 1.54) is 23.9 Å². The Labute approximate surface area is 132 Å². The quantitative estimate of drug-likeness (QED) is 0.685. The molecule has 0 aliphatic rings. The number of aliphatic hydroxyl groups excluding tert-OH is 1. The van der Waals surface area contributed by atoms with Gasteiger partial charge in [0.05, 0.1) is 11.6 Å². The van der Waals surface area contributed by atoms with Gasteiger partial charge in [0.1, 0.15) is 10.8 Å². The molecule has 0 bridgehead atoms. The number of rotatable bonds is 4. The highest BCUT2D eigenvalue weighted by atomic mass is 35.5. The summed E-state index contributed by atoms with van der Waals surface area (Å²) < 4.78 is 13.3. The van der Waals surface area contributed by atoms with Crippen molar-refractivity contribution in [1.82, 2.24) is 4.98 Å². The fourth-order valence-electron chi connectivity index (χ4n) is 1.63. The van der Waals surface area contributed by atoms with Gasteiger partial charge < -0.3 is 5.11 Å². The minimum Gasteiger partial charge on any atom is -0.395 e. The first-order valence-electron chi connectivity index (χ1n) is 6.32. The molecule has 1 N–H and O–H groups in total. The van der Waals surface area contributed by atoms with Crippen molar-refractivity contribution in [1.29, 1.82) is 0 Å². The third kappa shape index (κ3) is 4.75. The maximum Gasteiger partial charge on any atom is 0.124 e. The molecular formula is C16H13ClFNOS. The summed E-state index contributed by atoms with van der Waals surface area (Å²) in [6, 6.07) is 8.08. The number of hydrogen-bond donors (Lipinski definition) is 1. The van der Waals surface area contributed by atoms with Crippen molar-refractivity contribution < 1.29 is 9.50 Å². The zero-order valence-electron chi connectivity index (χ0n) is 11.1. The van der Waals surface area contributed by atoms with Gasteiger partial charge in [0.2, 0.25) is 0 Å². The van der Waals surface area contributed by atoms with Gasteiger partial charge in [-0.05, 0) is 29.8 Å². The minimum atomic E-state index is -0.326. The van der Waals surface area contributed by atoms with E-state index in [1.54, 1.807) is 24.4 Å². The smallest absolute Gasteiger partial charge is 0.124 e. The van der Waals surface area contributed by atoms with E-state index < -0.39 is 0 Å². The van der Waals surface area contributed by atoms with E-state index in [0.717, 1.165) is 10.6 Å². The highest BCUT2D eigenvalue weighted by Crippen LogP contribution is 2.28. The van der Waals surface area contributed by atoms with Gasteiger partial charge in [-0.15, -0.1) is 11.8 Å². The lowest BCUT2D eigenvalue weighted by molar-refractivity contribution is 0.305. The number of hydrogen-bond acceptors (Lipinski definition) is 3. The third-order valence-corrected chi connectivity index (χ3v) is 4.09. The molecule has 0 saturated carbocycles. The topological polar surface area (TPSA) is 33.1 Å². The fraction of sp³-hybridized carbons (Fsp3) is 0.188. The van der Waals surface area contributed by atoms with Gasteiger partial charge in [-0.2, -0.15) is 0 Å². The molecule has 1 heterocycles. The van der Waals surface area contributed by atoms with E-state index in [0.29, 0.717) is 22.8 Å². The van der Waals surface area contributed by atoms with E-state index >= 15 is 0 Å². The summed E-state index contributed by atoms with van der Waals surface area (Å²) in [5.41, 5.74) is 1.54. The molecule has 2 rings (SSSR count). The second-order valence-corrected chi connectivity index (χ2v) is 5.53. The number of benzene rings is 1. The van der Waals surface area contributed by atoms with E-state index in [-0.39, 0.29) is 12.4 Å². The molecule has 0 aliphatic carbocycles. The lowest BCUT2D eigenvalue weighted by Gasteiger charge is -2.06. The van der Waals surface area contributed by atoms with Gasteiger partial charge in [0, 0.05) is 23.9 Å². The third-order valence-electron chi connectivity index (χ3n) is 2.62. The van der Waals surface area contributed by atoms with Crippen molar-refractivity contribution in [3.8, 4) is 11.8 Å². The Hall–Kier alpha value is -1.54. The average molecular weight is 322 g/mol. The molecule has 2 nitrogen and oxygen atoms in total. The van der Waals surface area contributed by atoms with Crippen molar-refractivity contribution in [3.05, 3.63) is 58.5 Å². The van der Waals surface area contributed by atoms with Crippen LogP contribution in [0.4, 0.5) is 4.39 Å². The number of thioether (sulfide) groups is 1. The molecule has 2 aromatic rings. The molecule has 21 heavy (non-hydrogen) atoms. The monoisotopic (exact) mass is 321 g/mol. The Morgan fingerprint density at radius 3 is 2.95 bits per heavy atom. The van der Waals surface area contributed by atoms with Gasteiger partial charge in [-0.25, -0.2) is 9.37 Å². The highest BCUT2D eigenvalue weighted by Gasteiger charge is 2.06. The van der Waals surface area contributed by atoms with Gasteiger partial charge in [-0.3, -0.25) is 0 Å². The molecule has 0 unspecified atom stereocenters. The van der Waals surface area contributed by atoms with E-state index in [4.69, 9.17) is 16.7 Å². The second kappa shape index (κ2) is 8.04. The first-order chi connectivity index (χ1) is 10.2. The Morgan fingerprint density at radius 1 is 1.33 bits per heavy atom. The average Bonchev–Trinajstić information content (AvgIpc) is 2.48. The van der Waals surface area contributed by atoms with Crippen LogP contribution in [0.1, 0.15) is 17.5 Å². The maximum atomic E-state index is 13.3. The van der Waals surface area contributed by atoms with Crippen molar-refractivity contribution in [2.75, 3.05) is 6.61 Å². The molecule has 0 aliphatic heterocycles. The van der Waals surface area contributed by atoms with Gasteiger partial charge in [0.25, 0.3) is 0 Å². The summed E-state index contributed by atoms with van der Waals surface area (Å²) in [5.74, 6) is 5.97. The fourth-order valence-corrected chi connectivity index (χ4v) is 2.80. The predicted octanol–water partition coefficient (Wildman–Crippen LogP) is 3.90. The van der Waals surface area contributed by atoms with Crippen LogP contribution in [0.15, 0.2) is 41.6 Å². The SMILES string of the molecule is OCCC#Cc1cc(F)ccc1CSc1ncccc1Cl. The zero-order chi connectivity index (χ0) is 15.1. The van der Waals surface area contributed by atoms with Crippen LogP contribution in [0.3, 0.4) is 0 Å². The van der Waals surface area contributed by atoms with Gasteiger partial charge >= 0.3 is 0 Å². The van der Waals surface area contributed by atoms with Gasteiger partial charge in [-0.1, -0.05) is 29.5 Å². The van der Waals surface area contributed by atoms with Crippen LogP contribution in [0, 0.1) is 17.7 Å². The van der Waals surface area contributed by atoms with Crippen molar-refractivity contribution in [3.63, 3.8) is 0 Å². The lowest BCUT2D eigenvalue weighted by atomic mass is 10.1. The number of aliphatic hydroxyl groups is 1. The number of nitrogens with zero attached hydrogens (tertiary/aromatic N) is 1. The Balaban J connectivity index is 2.16. The number of aromatic nitrogens is 1. The summed E-state index contributed by atoms with van der Waals surface area (Å²) in [5, 5.41) is 10.1. The second-order valence-electron chi connectivity index (χ2n) is 4.16. The Bertz CT molecular complexity index is 681. The van der Waals surface area contributed by atoms with Crippen LogP contribution in [0.25, 0.3) is 0 Å². The van der Waals surface area contributed by atoms with E-state index in [9.17, 15) is 4.39 Å². The number of pyridine rings is 1. The normalized spacial score (nSPS) is 10.0. The summed E-state index contributed by atoms with van der Waals surface area (Å²) >= 11 is 7.54. The molecule has 108 valence electrons. The molecule has 0 saturated heterocycles. The van der Waals surface area contributed by atoms with E-state index in [2.05, 4.69) is 16.8 Å². The predicted molar refractivity (Wildman–Crippen MR) is 83.8 cm³/mol. The largest absolute Gasteiger partial charge is 0.395 e. The molecule has 0 radical (unpaired) electrons. The van der Waals surface area contributed by atoms with Crippen LogP contribution in [0.5, 0.6) is 0 Å². The van der Waals surface area contributed by atoms with Crippen LogP contribution < -0.4 is 0 Å². The molecule has 0 amide bonds. The molecule has 0 atom stereocenters. The van der Waals surface area contributed by atoms with Crippen LogP contribution in [-0.2, 0) is 5.75 Å².